The molecule has 0 atom stereocenters. The lowest BCUT2D eigenvalue weighted by molar-refractivity contribution is -0.107. The van der Waals surface area contributed by atoms with Crippen LogP contribution in [-0.4, -0.2) is 12.2 Å². The third-order valence-electron chi connectivity index (χ3n) is 0.273. The minimum absolute atomic E-state index is 0.674. The molecule has 0 spiro atoms. The largest absolute Gasteiger partial charge is 0.294 e. The molecule has 0 bridgehead atoms. The van der Waals surface area contributed by atoms with Crippen molar-refractivity contribution in [1.82, 2.24) is 4.72 Å². The van der Waals surface area contributed by atoms with Crippen LogP contribution in [0.25, 0.3) is 0 Å². The van der Waals surface area contributed by atoms with E-state index >= 15 is 0 Å². The summed E-state index contributed by atoms with van der Waals surface area (Å²) >= 11 is 0. The zero-order chi connectivity index (χ0) is 5.54. The van der Waals surface area contributed by atoms with Crippen molar-refractivity contribution in [1.29, 1.82) is 0 Å². The van der Waals surface area contributed by atoms with Crippen LogP contribution in [0.3, 0.4) is 0 Å². The van der Waals surface area contributed by atoms with E-state index in [0.717, 1.165) is 5.75 Å². The average molecular weight is 137 g/mol. The molecular formula is C3H7NOS2. The highest BCUT2D eigenvalue weighted by Gasteiger charge is 1.77. The summed E-state index contributed by atoms with van der Waals surface area (Å²) < 4.78 is 2.45. The summed E-state index contributed by atoms with van der Waals surface area (Å²) in [5.74, 6) is 1.02. The first-order chi connectivity index (χ1) is 3.41. The highest BCUT2D eigenvalue weighted by atomic mass is 33.1. The zero-order valence-corrected chi connectivity index (χ0v) is 5.64. The Morgan fingerprint density at radius 3 is 3.00 bits per heavy atom. The van der Waals surface area contributed by atoms with Gasteiger partial charge in [-0.25, -0.2) is 0 Å². The van der Waals surface area contributed by atoms with Gasteiger partial charge in [-0.05, 0) is 0 Å². The third kappa shape index (κ3) is 6.17. The summed E-state index contributed by atoms with van der Waals surface area (Å²) in [7, 11) is 2.96. The molecule has 42 valence electrons. The van der Waals surface area contributed by atoms with Crippen LogP contribution in [0.5, 0.6) is 0 Å². The first-order valence-electron chi connectivity index (χ1n) is 1.89. The third-order valence-corrected chi connectivity index (χ3v) is 2.17. The minimum Gasteiger partial charge on any atom is -0.294 e. The van der Waals surface area contributed by atoms with Gasteiger partial charge >= 0.3 is 0 Å². The second-order valence-electron chi connectivity index (χ2n) is 0.726. The van der Waals surface area contributed by atoms with Crippen molar-refractivity contribution in [3.05, 3.63) is 0 Å². The summed E-state index contributed by atoms with van der Waals surface area (Å²) in [6.07, 6.45) is 0.674. The van der Waals surface area contributed by atoms with Crippen LogP contribution in [0.1, 0.15) is 6.92 Å². The summed E-state index contributed by atoms with van der Waals surface area (Å²) in [4.78, 5) is 9.53. The predicted molar refractivity (Wildman–Crippen MR) is 34.9 cm³/mol. The van der Waals surface area contributed by atoms with Gasteiger partial charge in [0.1, 0.15) is 0 Å². The van der Waals surface area contributed by atoms with Crippen molar-refractivity contribution >= 4 is 28.2 Å². The molecule has 0 heterocycles. The first kappa shape index (κ1) is 7.17. The molecule has 0 fully saturated rings. The lowest BCUT2D eigenvalue weighted by Crippen LogP contribution is -1.93. The molecule has 0 radical (unpaired) electrons. The molecule has 0 aromatic heterocycles. The van der Waals surface area contributed by atoms with Gasteiger partial charge in [0.2, 0.25) is 6.41 Å². The maximum Gasteiger partial charge on any atom is 0.217 e. The second kappa shape index (κ2) is 6.17. The zero-order valence-electron chi connectivity index (χ0n) is 4.01. The number of hydrogen-bond donors (Lipinski definition) is 1. The average Bonchev–Trinajstić information content (AvgIpc) is 1.69. The van der Waals surface area contributed by atoms with Crippen LogP contribution in [0, 0.1) is 0 Å². The van der Waals surface area contributed by atoms with Crippen LogP contribution in [0.4, 0.5) is 0 Å². The lowest BCUT2D eigenvalue weighted by atomic mass is 11.0. The minimum atomic E-state index is 0.674. The van der Waals surface area contributed by atoms with Crippen molar-refractivity contribution < 1.29 is 4.79 Å². The Labute approximate surface area is 51.0 Å². The molecule has 2 nitrogen and oxygen atoms in total. The van der Waals surface area contributed by atoms with Crippen molar-refractivity contribution in [2.45, 2.75) is 6.92 Å². The standard InChI is InChI=1S/C3H7NOS2/c1-2-6-7-4-3-5/h3H,2H2,1H3,(H,4,5). The van der Waals surface area contributed by atoms with E-state index in [1.807, 2.05) is 6.92 Å². The normalized spacial score (nSPS) is 8.14. The van der Waals surface area contributed by atoms with Gasteiger partial charge in [-0.2, -0.15) is 0 Å². The molecule has 0 unspecified atom stereocenters. The Morgan fingerprint density at radius 2 is 2.57 bits per heavy atom. The topological polar surface area (TPSA) is 29.1 Å². The number of rotatable bonds is 4. The van der Waals surface area contributed by atoms with Crippen molar-refractivity contribution in [3.8, 4) is 0 Å². The fourth-order valence-electron chi connectivity index (χ4n) is 0.113. The van der Waals surface area contributed by atoms with Gasteiger partial charge in [0.05, 0.1) is 0 Å². The molecule has 0 aliphatic carbocycles. The molecular weight excluding hydrogens is 130 g/mol. The molecule has 0 aliphatic heterocycles. The van der Waals surface area contributed by atoms with Crippen LogP contribution in [-0.2, 0) is 4.79 Å². The molecule has 1 N–H and O–H groups in total. The first-order valence-corrected chi connectivity index (χ1v) is 4.21. The molecule has 0 aromatic rings. The van der Waals surface area contributed by atoms with Gasteiger partial charge in [-0.1, -0.05) is 17.7 Å². The monoisotopic (exact) mass is 137 g/mol. The Morgan fingerprint density at radius 1 is 1.86 bits per heavy atom. The highest BCUT2D eigenvalue weighted by Crippen LogP contribution is 2.13. The Balaban J connectivity index is 2.56. The van der Waals surface area contributed by atoms with E-state index in [2.05, 4.69) is 4.72 Å². The van der Waals surface area contributed by atoms with Gasteiger partial charge in [0.25, 0.3) is 0 Å². The van der Waals surface area contributed by atoms with Crippen LogP contribution in [0.15, 0.2) is 0 Å². The smallest absolute Gasteiger partial charge is 0.217 e. The van der Waals surface area contributed by atoms with Gasteiger partial charge in [0.15, 0.2) is 0 Å². The van der Waals surface area contributed by atoms with E-state index in [-0.39, 0.29) is 0 Å². The van der Waals surface area contributed by atoms with Gasteiger partial charge in [0, 0.05) is 16.7 Å². The molecule has 0 saturated carbocycles. The summed E-state index contributed by atoms with van der Waals surface area (Å²) in [5.41, 5.74) is 0. The van der Waals surface area contributed by atoms with Crippen LogP contribution >= 0.6 is 21.8 Å². The van der Waals surface area contributed by atoms with Gasteiger partial charge in [-0.15, -0.1) is 0 Å². The van der Waals surface area contributed by atoms with E-state index in [1.54, 1.807) is 10.8 Å². The number of amides is 1. The molecule has 0 rings (SSSR count). The molecule has 7 heavy (non-hydrogen) atoms. The van der Waals surface area contributed by atoms with Crippen LogP contribution < -0.4 is 4.72 Å². The van der Waals surface area contributed by atoms with E-state index in [1.165, 1.54) is 11.0 Å². The van der Waals surface area contributed by atoms with Crippen molar-refractivity contribution in [2.24, 2.45) is 0 Å². The van der Waals surface area contributed by atoms with E-state index < -0.39 is 0 Å². The Bertz CT molecular complexity index is 50.2. The SMILES string of the molecule is CCSSNC=O. The van der Waals surface area contributed by atoms with Crippen molar-refractivity contribution in [2.75, 3.05) is 5.75 Å². The fraction of sp³-hybridized carbons (Fsp3) is 0.667. The highest BCUT2D eigenvalue weighted by molar-refractivity contribution is 8.76. The second-order valence-corrected chi connectivity index (χ2v) is 3.15. The van der Waals surface area contributed by atoms with Gasteiger partial charge < -0.3 is 0 Å². The van der Waals surface area contributed by atoms with Crippen molar-refractivity contribution in [3.63, 3.8) is 0 Å². The molecule has 4 heteroatoms. The quantitative estimate of drug-likeness (QED) is 0.272. The lowest BCUT2D eigenvalue weighted by Gasteiger charge is -1.88. The summed E-state index contributed by atoms with van der Waals surface area (Å²) in [6.45, 7) is 2.03. The van der Waals surface area contributed by atoms with E-state index in [4.69, 9.17) is 0 Å². The number of hydrogen-bond acceptors (Lipinski definition) is 3. The van der Waals surface area contributed by atoms with E-state index in [9.17, 15) is 4.79 Å². The van der Waals surface area contributed by atoms with Gasteiger partial charge in [-0.3, -0.25) is 9.52 Å². The predicted octanol–water partition coefficient (Wildman–Crippen LogP) is 1.05. The molecule has 0 saturated heterocycles. The van der Waals surface area contributed by atoms with Crippen LogP contribution in [0.2, 0.25) is 0 Å². The number of nitrogens with one attached hydrogen (secondary N) is 1. The number of carbonyl (C=O) groups is 1. The Kier molecular flexibility index (Phi) is 6.32. The molecule has 1 amide bonds. The fourth-order valence-corrected chi connectivity index (χ4v) is 1.01. The molecule has 0 aromatic carbocycles. The number of carbonyl (C=O) groups excluding carboxylic acids is 1. The van der Waals surface area contributed by atoms with E-state index in [0.29, 0.717) is 6.41 Å². The Hall–Kier alpha value is 0.170. The summed E-state index contributed by atoms with van der Waals surface area (Å²) in [5, 5.41) is 0. The molecule has 0 aliphatic rings. The maximum absolute atomic E-state index is 9.53. The summed E-state index contributed by atoms with van der Waals surface area (Å²) in [6, 6.07) is 0. The maximum atomic E-state index is 9.53.